The molecular formula is C23H28N2O5S2. The molecule has 9 heteroatoms. The number of benzene rings is 2. The maximum atomic E-state index is 12.6. The van der Waals surface area contributed by atoms with E-state index in [1.54, 1.807) is 12.1 Å². The summed E-state index contributed by atoms with van der Waals surface area (Å²) in [5, 5.41) is 0. The van der Waals surface area contributed by atoms with Crippen molar-refractivity contribution >= 4 is 37.3 Å². The zero-order valence-electron chi connectivity index (χ0n) is 18.8. The molecule has 7 nitrogen and oxygen atoms in total. The molecule has 2 aromatic carbocycles. The third-order valence-electron chi connectivity index (χ3n) is 5.00. The van der Waals surface area contributed by atoms with E-state index in [9.17, 15) is 13.2 Å². The molecule has 0 N–H and O–H groups in total. The summed E-state index contributed by atoms with van der Waals surface area (Å²) in [6, 6.07) is 10.3. The SMILES string of the molecule is CCOCCn1c(=NC(=O)CCS(=O)(=O)c2ccc(OC)cc2)sc2c(C)cc(C)cc21. The molecule has 0 unspecified atom stereocenters. The molecule has 1 heterocycles. The van der Waals surface area contributed by atoms with Crippen LogP contribution >= 0.6 is 11.3 Å². The Morgan fingerprint density at radius 2 is 1.88 bits per heavy atom. The molecule has 32 heavy (non-hydrogen) atoms. The average Bonchev–Trinajstić information content (AvgIpc) is 3.10. The van der Waals surface area contributed by atoms with Gasteiger partial charge in [0.25, 0.3) is 0 Å². The Kier molecular flexibility index (Phi) is 7.86. The van der Waals surface area contributed by atoms with Crippen LogP contribution in [0.2, 0.25) is 0 Å². The van der Waals surface area contributed by atoms with Crippen molar-refractivity contribution in [1.82, 2.24) is 4.57 Å². The summed E-state index contributed by atoms with van der Waals surface area (Å²) in [7, 11) is -2.08. The Balaban J connectivity index is 1.86. The lowest BCUT2D eigenvalue weighted by molar-refractivity contribution is -0.117. The number of thiazole rings is 1. The number of methoxy groups -OCH3 is 1. The minimum Gasteiger partial charge on any atom is -0.497 e. The molecule has 0 fully saturated rings. The van der Waals surface area contributed by atoms with Crippen LogP contribution in [0.15, 0.2) is 46.3 Å². The lowest BCUT2D eigenvalue weighted by Gasteiger charge is -2.07. The minimum absolute atomic E-state index is 0.158. The maximum Gasteiger partial charge on any atom is 0.249 e. The first kappa shape index (κ1) is 24.2. The van der Waals surface area contributed by atoms with Crippen LogP contribution in [0.3, 0.4) is 0 Å². The van der Waals surface area contributed by atoms with Crippen LogP contribution in [0.25, 0.3) is 10.2 Å². The van der Waals surface area contributed by atoms with E-state index in [0.717, 1.165) is 21.3 Å². The second-order valence-corrected chi connectivity index (χ2v) is 10.5. The smallest absolute Gasteiger partial charge is 0.249 e. The van der Waals surface area contributed by atoms with Gasteiger partial charge in [-0.1, -0.05) is 17.4 Å². The number of aromatic nitrogens is 1. The summed E-state index contributed by atoms with van der Waals surface area (Å²) in [4.78, 5) is 17.6. The van der Waals surface area contributed by atoms with E-state index in [-0.39, 0.29) is 17.1 Å². The summed E-state index contributed by atoms with van der Waals surface area (Å²) in [5.41, 5.74) is 3.25. The van der Waals surface area contributed by atoms with Crippen molar-refractivity contribution in [1.29, 1.82) is 0 Å². The van der Waals surface area contributed by atoms with Gasteiger partial charge in [0.05, 0.1) is 34.6 Å². The lowest BCUT2D eigenvalue weighted by Crippen LogP contribution is -2.20. The number of rotatable bonds is 9. The van der Waals surface area contributed by atoms with E-state index in [4.69, 9.17) is 9.47 Å². The quantitative estimate of drug-likeness (QED) is 0.440. The van der Waals surface area contributed by atoms with Gasteiger partial charge in [-0.25, -0.2) is 8.42 Å². The standard InChI is InChI=1S/C23H28N2O5S2/c1-5-30-12-11-25-20-15-16(2)14-17(3)22(20)31-23(25)24-21(26)10-13-32(27,28)19-8-6-18(29-4)7-9-19/h6-9,14-15H,5,10-13H2,1-4H3. The van der Waals surface area contributed by atoms with Gasteiger partial charge < -0.3 is 14.0 Å². The first-order chi connectivity index (χ1) is 15.2. The second-order valence-electron chi connectivity index (χ2n) is 7.41. The molecular weight excluding hydrogens is 448 g/mol. The molecule has 0 saturated carbocycles. The summed E-state index contributed by atoms with van der Waals surface area (Å²) in [6.45, 7) is 7.67. The number of hydrogen-bond acceptors (Lipinski definition) is 6. The summed E-state index contributed by atoms with van der Waals surface area (Å²) in [5.74, 6) is -0.195. The van der Waals surface area contributed by atoms with Crippen molar-refractivity contribution in [2.45, 2.75) is 38.6 Å². The van der Waals surface area contributed by atoms with Gasteiger partial charge in [0.15, 0.2) is 14.6 Å². The van der Waals surface area contributed by atoms with Gasteiger partial charge >= 0.3 is 0 Å². The Morgan fingerprint density at radius 1 is 1.16 bits per heavy atom. The van der Waals surface area contributed by atoms with Gasteiger partial charge in [-0.05, 0) is 62.2 Å². The first-order valence-corrected chi connectivity index (χ1v) is 12.8. The van der Waals surface area contributed by atoms with E-state index in [2.05, 4.69) is 17.1 Å². The van der Waals surface area contributed by atoms with E-state index in [1.165, 1.54) is 30.6 Å². The fourth-order valence-corrected chi connectivity index (χ4v) is 5.75. The van der Waals surface area contributed by atoms with Crippen LogP contribution in [0, 0.1) is 13.8 Å². The van der Waals surface area contributed by atoms with Crippen molar-refractivity contribution in [3.8, 4) is 5.75 Å². The third-order valence-corrected chi connectivity index (χ3v) is 7.96. The Bertz CT molecular complexity index is 1270. The highest BCUT2D eigenvalue weighted by Crippen LogP contribution is 2.23. The van der Waals surface area contributed by atoms with Gasteiger partial charge in [-0.15, -0.1) is 0 Å². The van der Waals surface area contributed by atoms with Crippen LogP contribution in [-0.4, -0.2) is 45.0 Å². The maximum absolute atomic E-state index is 12.6. The van der Waals surface area contributed by atoms with Crippen molar-refractivity contribution < 1.29 is 22.7 Å². The number of fused-ring (bicyclic) bond motifs is 1. The van der Waals surface area contributed by atoms with Crippen LogP contribution < -0.4 is 9.54 Å². The molecule has 0 aliphatic rings. The second kappa shape index (κ2) is 10.4. The lowest BCUT2D eigenvalue weighted by atomic mass is 10.1. The summed E-state index contributed by atoms with van der Waals surface area (Å²) >= 11 is 1.44. The molecule has 0 radical (unpaired) electrons. The predicted molar refractivity (Wildman–Crippen MR) is 126 cm³/mol. The highest BCUT2D eigenvalue weighted by molar-refractivity contribution is 7.91. The number of hydrogen-bond donors (Lipinski definition) is 0. The first-order valence-electron chi connectivity index (χ1n) is 10.4. The van der Waals surface area contributed by atoms with Gasteiger partial charge in [0, 0.05) is 19.6 Å². The van der Waals surface area contributed by atoms with Crippen molar-refractivity contribution in [3.05, 3.63) is 52.3 Å². The van der Waals surface area contributed by atoms with Crippen molar-refractivity contribution in [2.75, 3.05) is 26.1 Å². The predicted octanol–water partition coefficient (Wildman–Crippen LogP) is 3.66. The monoisotopic (exact) mass is 476 g/mol. The number of carbonyl (C=O) groups is 1. The van der Waals surface area contributed by atoms with Gasteiger partial charge in [0.2, 0.25) is 5.91 Å². The largest absolute Gasteiger partial charge is 0.497 e. The Hall–Kier alpha value is -2.49. The Morgan fingerprint density at radius 3 is 2.53 bits per heavy atom. The summed E-state index contributed by atoms with van der Waals surface area (Å²) in [6.07, 6.45) is -0.188. The number of aryl methyl sites for hydroxylation is 2. The number of ether oxygens (including phenoxy) is 2. The molecule has 0 saturated heterocycles. The zero-order chi connectivity index (χ0) is 23.3. The molecule has 0 bridgehead atoms. The van der Waals surface area contributed by atoms with E-state index < -0.39 is 15.7 Å². The van der Waals surface area contributed by atoms with E-state index in [0.29, 0.717) is 30.3 Å². The van der Waals surface area contributed by atoms with Crippen LogP contribution in [-0.2, 0) is 25.9 Å². The van der Waals surface area contributed by atoms with Crippen LogP contribution in [0.4, 0.5) is 0 Å². The molecule has 1 amide bonds. The van der Waals surface area contributed by atoms with E-state index >= 15 is 0 Å². The molecule has 3 rings (SSSR count). The Labute approximate surface area is 192 Å². The normalized spacial score (nSPS) is 12.4. The molecule has 0 aliphatic carbocycles. The third kappa shape index (κ3) is 5.65. The molecule has 1 aromatic heterocycles. The van der Waals surface area contributed by atoms with E-state index in [1.807, 2.05) is 25.3 Å². The molecule has 172 valence electrons. The fourth-order valence-electron chi connectivity index (χ4n) is 3.40. The molecule has 3 aromatic rings. The van der Waals surface area contributed by atoms with Gasteiger partial charge in [0.1, 0.15) is 5.75 Å². The topological polar surface area (TPSA) is 87.0 Å². The average molecular weight is 477 g/mol. The minimum atomic E-state index is -3.60. The molecule has 0 spiro atoms. The number of carbonyl (C=O) groups excluding carboxylic acids is 1. The zero-order valence-corrected chi connectivity index (χ0v) is 20.4. The molecule has 0 aliphatic heterocycles. The van der Waals surface area contributed by atoms with Crippen LogP contribution in [0.1, 0.15) is 24.5 Å². The highest BCUT2D eigenvalue weighted by Gasteiger charge is 2.17. The molecule has 0 atom stereocenters. The summed E-state index contributed by atoms with van der Waals surface area (Å²) < 4.78 is 38.8. The number of amides is 1. The van der Waals surface area contributed by atoms with Crippen LogP contribution in [0.5, 0.6) is 5.75 Å². The highest BCUT2D eigenvalue weighted by atomic mass is 32.2. The van der Waals surface area contributed by atoms with Gasteiger partial charge in [-0.3, -0.25) is 4.79 Å². The van der Waals surface area contributed by atoms with Crippen molar-refractivity contribution in [2.24, 2.45) is 4.99 Å². The van der Waals surface area contributed by atoms with Crippen molar-refractivity contribution in [3.63, 3.8) is 0 Å². The number of nitrogens with zero attached hydrogens (tertiary/aromatic N) is 2. The number of sulfone groups is 1. The van der Waals surface area contributed by atoms with Gasteiger partial charge in [-0.2, -0.15) is 4.99 Å². The fraction of sp³-hybridized carbons (Fsp3) is 0.391.